The molecule has 88 valence electrons. The van der Waals surface area contributed by atoms with Gasteiger partial charge in [0.15, 0.2) is 5.78 Å². The molecule has 0 aliphatic heterocycles. The molecule has 1 saturated carbocycles. The monoisotopic (exact) mass is 236 g/mol. The first kappa shape index (κ1) is 11.8. The molecule has 1 aromatic heterocycles. The van der Waals surface area contributed by atoms with Crippen LogP contribution >= 0.6 is 11.3 Å². The van der Waals surface area contributed by atoms with Crippen LogP contribution in [0, 0.1) is 18.8 Å². The van der Waals surface area contributed by atoms with Gasteiger partial charge >= 0.3 is 0 Å². The van der Waals surface area contributed by atoms with Crippen LogP contribution in [-0.4, -0.2) is 5.78 Å². The lowest BCUT2D eigenvalue weighted by atomic mass is 9.78. The number of thiophene rings is 1. The zero-order chi connectivity index (χ0) is 11.5. The van der Waals surface area contributed by atoms with Gasteiger partial charge in [-0.25, -0.2) is 0 Å². The number of rotatable bonds is 3. The predicted octanol–water partition coefficient (Wildman–Crippen LogP) is 4.46. The van der Waals surface area contributed by atoms with Crippen LogP contribution in [0.25, 0.3) is 0 Å². The van der Waals surface area contributed by atoms with Crippen LogP contribution in [0.5, 0.6) is 0 Å². The quantitative estimate of drug-likeness (QED) is 0.708. The molecule has 1 fully saturated rings. The van der Waals surface area contributed by atoms with Crippen LogP contribution < -0.4 is 0 Å². The Balaban J connectivity index is 2.07. The third-order valence-corrected chi connectivity index (χ3v) is 4.85. The van der Waals surface area contributed by atoms with Gasteiger partial charge < -0.3 is 0 Å². The molecule has 0 N–H and O–H groups in total. The number of carbonyl (C=O) groups is 1. The summed E-state index contributed by atoms with van der Waals surface area (Å²) in [6.45, 7) is 4.29. The minimum atomic E-state index is 0.302. The minimum Gasteiger partial charge on any atom is -0.293 e. The average molecular weight is 236 g/mol. The normalized spacial score (nSPS) is 25.6. The van der Waals surface area contributed by atoms with E-state index in [1.54, 1.807) is 11.3 Å². The number of hydrogen-bond donors (Lipinski definition) is 0. The van der Waals surface area contributed by atoms with E-state index in [-0.39, 0.29) is 0 Å². The number of aryl methyl sites for hydroxylation is 1. The Morgan fingerprint density at radius 3 is 2.94 bits per heavy atom. The first-order valence-corrected chi connectivity index (χ1v) is 7.18. The smallest absolute Gasteiger partial charge is 0.176 e. The van der Waals surface area contributed by atoms with Crippen molar-refractivity contribution in [3.63, 3.8) is 0 Å². The van der Waals surface area contributed by atoms with Gasteiger partial charge in [0.2, 0.25) is 0 Å². The van der Waals surface area contributed by atoms with Crippen LogP contribution in [0.2, 0.25) is 0 Å². The van der Waals surface area contributed by atoms with Gasteiger partial charge in [0, 0.05) is 5.92 Å². The summed E-state index contributed by atoms with van der Waals surface area (Å²) in [5, 5.41) is 2.03. The SMILES string of the molecule is CCC1CCCC(C(=O)c2sccc2C)C1. The third-order valence-electron chi connectivity index (χ3n) is 3.82. The minimum absolute atomic E-state index is 0.302. The number of carbonyl (C=O) groups excluding carboxylic acids is 1. The van der Waals surface area contributed by atoms with Crippen molar-refractivity contribution in [2.24, 2.45) is 11.8 Å². The Bertz CT molecular complexity index is 367. The van der Waals surface area contributed by atoms with Crippen molar-refractivity contribution in [3.05, 3.63) is 21.9 Å². The van der Waals surface area contributed by atoms with E-state index in [1.807, 2.05) is 12.3 Å². The fraction of sp³-hybridized carbons (Fsp3) is 0.643. The topological polar surface area (TPSA) is 17.1 Å². The number of hydrogen-bond acceptors (Lipinski definition) is 2. The summed E-state index contributed by atoms with van der Waals surface area (Å²) in [5.74, 6) is 1.49. The van der Waals surface area contributed by atoms with Crippen LogP contribution in [-0.2, 0) is 0 Å². The summed E-state index contributed by atoms with van der Waals surface area (Å²) < 4.78 is 0. The second-order valence-electron chi connectivity index (χ2n) is 4.93. The molecular weight excluding hydrogens is 216 g/mol. The molecule has 0 aromatic carbocycles. The highest BCUT2D eigenvalue weighted by molar-refractivity contribution is 7.12. The van der Waals surface area contributed by atoms with Crippen molar-refractivity contribution in [3.8, 4) is 0 Å². The lowest BCUT2D eigenvalue weighted by Crippen LogP contribution is -2.22. The molecule has 16 heavy (non-hydrogen) atoms. The average Bonchev–Trinajstić information content (AvgIpc) is 2.74. The molecule has 0 bridgehead atoms. The van der Waals surface area contributed by atoms with Crippen molar-refractivity contribution in [2.45, 2.75) is 46.0 Å². The van der Waals surface area contributed by atoms with Crippen LogP contribution in [0.3, 0.4) is 0 Å². The van der Waals surface area contributed by atoms with E-state index >= 15 is 0 Å². The maximum absolute atomic E-state index is 12.4. The van der Waals surface area contributed by atoms with E-state index in [4.69, 9.17) is 0 Å². The van der Waals surface area contributed by atoms with Gasteiger partial charge in [0.25, 0.3) is 0 Å². The molecule has 2 rings (SSSR count). The molecule has 2 heteroatoms. The van der Waals surface area contributed by atoms with Gasteiger partial charge in [-0.1, -0.05) is 26.2 Å². The molecule has 1 nitrogen and oxygen atoms in total. The van der Waals surface area contributed by atoms with E-state index < -0.39 is 0 Å². The molecule has 1 aliphatic carbocycles. The highest BCUT2D eigenvalue weighted by Gasteiger charge is 2.28. The first-order chi connectivity index (χ1) is 7.72. The van der Waals surface area contributed by atoms with Gasteiger partial charge in [-0.3, -0.25) is 4.79 Å². The standard InChI is InChI=1S/C14H20OS/c1-3-11-5-4-6-12(9-11)13(15)14-10(2)7-8-16-14/h7-8,11-12H,3-6,9H2,1-2H3. The summed E-state index contributed by atoms with van der Waals surface area (Å²) in [7, 11) is 0. The van der Waals surface area contributed by atoms with Gasteiger partial charge in [-0.2, -0.15) is 0 Å². The van der Waals surface area contributed by atoms with Gasteiger partial charge in [-0.15, -0.1) is 11.3 Å². The summed E-state index contributed by atoms with van der Waals surface area (Å²) in [6, 6.07) is 2.05. The number of ketones is 1. The van der Waals surface area contributed by atoms with E-state index in [1.165, 1.54) is 19.3 Å². The lowest BCUT2D eigenvalue weighted by molar-refractivity contribution is 0.0866. The fourth-order valence-corrected chi connectivity index (χ4v) is 3.66. The highest BCUT2D eigenvalue weighted by Crippen LogP contribution is 2.34. The second kappa shape index (κ2) is 5.13. The molecule has 0 amide bonds. The Hall–Kier alpha value is -0.630. The molecule has 2 unspecified atom stereocenters. The van der Waals surface area contributed by atoms with Gasteiger partial charge in [0.05, 0.1) is 4.88 Å². The Kier molecular flexibility index (Phi) is 3.80. The van der Waals surface area contributed by atoms with Crippen molar-refractivity contribution >= 4 is 17.1 Å². The van der Waals surface area contributed by atoms with Crippen molar-refractivity contribution in [2.75, 3.05) is 0 Å². The maximum atomic E-state index is 12.4. The lowest BCUT2D eigenvalue weighted by Gasteiger charge is -2.27. The number of Topliss-reactive ketones (excluding diaryl/α,β-unsaturated/α-hetero) is 1. The van der Waals surface area contributed by atoms with Crippen LogP contribution in [0.1, 0.15) is 54.3 Å². The highest BCUT2D eigenvalue weighted by atomic mass is 32.1. The second-order valence-corrected chi connectivity index (χ2v) is 5.85. The summed E-state index contributed by atoms with van der Waals surface area (Å²) in [4.78, 5) is 13.4. The van der Waals surface area contributed by atoms with Crippen LogP contribution in [0.15, 0.2) is 11.4 Å². The predicted molar refractivity (Wildman–Crippen MR) is 69.1 cm³/mol. The molecule has 1 aromatic rings. The van der Waals surface area contributed by atoms with Crippen molar-refractivity contribution in [1.82, 2.24) is 0 Å². The van der Waals surface area contributed by atoms with Crippen LogP contribution in [0.4, 0.5) is 0 Å². The van der Waals surface area contributed by atoms with E-state index in [2.05, 4.69) is 13.0 Å². The molecular formula is C14H20OS. The van der Waals surface area contributed by atoms with Gasteiger partial charge in [-0.05, 0) is 42.7 Å². The fourth-order valence-electron chi connectivity index (χ4n) is 2.71. The molecule has 0 saturated heterocycles. The van der Waals surface area contributed by atoms with E-state index in [9.17, 15) is 4.79 Å². The Labute approximate surface area is 102 Å². The summed E-state index contributed by atoms with van der Waals surface area (Å²) in [6.07, 6.45) is 6.01. The molecule has 0 spiro atoms. The molecule has 1 aliphatic rings. The van der Waals surface area contributed by atoms with E-state index in [0.29, 0.717) is 11.7 Å². The zero-order valence-electron chi connectivity index (χ0n) is 10.2. The zero-order valence-corrected chi connectivity index (χ0v) is 11.0. The first-order valence-electron chi connectivity index (χ1n) is 6.30. The Morgan fingerprint density at radius 2 is 2.31 bits per heavy atom. The third kappa shape index (κ3) is 2.37. The molecule has 0 radical (unpaired) electrons. The summed E-state index contributed by atoms with van der Waals surface area (Å²) in [5.41, 5.74) is 1.16. The molecule has 2 atom stereocenters. The summed E-state index contributed by atoms with van der Waals surface area (Å²) >= 11 is 1.61. The van der Waals surface area contributed by atoms with Gasteiger partial charge in [0.1, 0.15) is 0 Å². The molecule has 1 heterocycles. The van der Waals surface area contributed by atoms with Crippen molar-refractivity contribution < 1.29 is 4.79 Å². The van der Waals surface area contributed by atoms with E-state index in [0.717, 1.165) is 29.2 Å². The maximum Gasteiger partial charge on any atom is 0.176 e. The van der Waals surface area contributed by atoms with Crippen molar-refractivity contribution in [1.29, 1.82) is 0 Å². The Morgan fingerprint density at radius 1 is 1.50 bits per heavy atom. The largest absolute Gasteiger partial charge is 0.293 e.